The Bertz CT molecular complexity index is 1930. The topological polar surface area (TPSA) is 188 Å². The van der Waals surface area contributed by atoms with Gasteiger partial charge in [0.2, 0.25) is 26.0 Å². The van der Waals surface area contributed by atoms with Gasteiger partial charge >= 0.3 is 6.36 Å². The third kappa shape index (κ3) is 9.70. The molecule has 48 heavy (non-hydrogen) atoms. The molecule has 0 atom stereocenters. The van der Waals surface area contributed by atoms with E-state index in [0.29, 0.717) is 22.6 Å². The summed E-state index contributed by atoms with van der Waals surface area (Å²) >= 11 is 0. The Kier molecular flexibility index (Phi) is 11.0. The van der Waals surface area contributed by atoms with Crippen molar-refractivity contribution in [3.63, 3.8) is 0 Å². The zero-order valence-electron chi connectivity index (χ0n) is 25.8. The molecule has 0 saturated carbocycles. The van der Waals surface area contributed by atoms with Crippen molar-refractivity contribution < 1.29 is 34.7 Å². The number of benzene rings is 3. The molecule has 14 nitrogen and oxygen atoms in total. The molecule has 0 radical (unpaired) electrons. The molecule has 0 bridgehead atoms. The largest absolute Gasteiger partial charge is 0.573 e. The summed E-state index contributed by atoms with van der Waals surface area (Å²) in [6, 6.07) is 18.6. The number of aromatic nitrogens is 2. The van der Waals surface area contributed by atoms with Gasteiger partial charge in [0, 0.05) is 17.8 Å². The predicted octanol–water partition coefficient (Wildman–Crippen LogP) is 4.61. The molecule has 0 amide bonds. The predicted molar refractivity (Wildman–Crippen MR) is 175 cm³/mol. The lowest BCUT2D eigenvalue weighted by atomic mass is 10.1. The smallest absolute Gasteiger partial charge is 0.406 e. The van der Waals surface area contributed by atoms with Crippen LogP contribution in [-0.2, 0) is 20.0 Å². The van der Waals surface area contributed by atoms with E-state index in [1.165, 1.54) is 56.6 Å². The van der Waals surface area contributed by atoms with Gasteiger partial charge in [0.1, 0.15) is 5.75 Å². The van der Waals surface area contributed by atoms with Crippen molar-refractivity contribution >= 4 is 54.7 Å². The van der Waals surface area contributed by atoms with E-state index in [-0.39, 0.29) is 33.1 Å². The quantitative estimate of drug-likeness (QED) is 0.0971. The Morgan fingerprint density at radius 2 is 1.17 bits per heavy atom. The first-order chi connectivity index (χ1) is 22.6. The van der Waals surface area contributed by atoms with E-state index in [0.717, 1.165) is 12.1 Å². The van der Waals surface area contributed by atoms with Crippen LogP contribution in [0.2, 0.25) is 0 Å². The minimum atomic E-state index is -4.88. The van der Waals surface area contributed by atoms with Crippen LogP contribution in [0.25, 0.3) is 0 Å². The van der Waals surface area contributed by atoms with Crippen LogP contribution in [0, 0.1) is 0 Å². The van der Waals surface area contributed by atoms with Crippen LogP contribution in [0.3, 0.4) is 0 Å². The van der Waals surface area contributed by atoms with Crippen LogP contribution in [0.15, 0.2) is 98.9 Å². The maximum Gasteiger partial charge on any atom is 0.573 e. The molecule has 0 aliphatic heterocycles. The molecule has 1 heterocycles. The summed E-state index contributed by atoms with van der Waals surface area (Å²) in [7, 11) is -4.62. The average molecular weight is 706 g/mol. The summed E-state index contributed by atoms with van der Waals surface area (Å²) in [4.78, 5) is 8.84. The molecule has 254 valence electrons. The normalized spacial score (nSPS) is 12.8. The molecule has 19 heteroatoms. The Balaban J connectivity index is 1.62. The van der Waals surface area contributed by atoms with Crippen LogP contribution >= 0.6 is 0 Å². The van der Waals surface area contributed by atoms with Gasteiger partial charge < -0.3 is 10.1 Å². The van der Waals surface area contributed by atoms with Crippen molar-refractivity contribution in [3.05, 3.63) is 90.0 Å². The zero-order chi connectivity index (χ0) is 35.1. The van der Waals surface area contributed by atoms with E-state index in [1.54, 1.807) is 38.1 Å². The molecule has 1 aromatic heterocycles. The van der Waals surface area contributed by atoms with Gasteiger partial charge in [-0.15, -0.1) is 13.2 Å². The van der Waals surface area contributed by atoms with Gasteiger partial charge in [-0.25, -0.2) is 26.3 Å². The van der Waals surface area contributed by atoms with E-state index in [2.05, 4.69) is 50.5 Å². The molecule has 0 fully saturated rings. The third-order valence-corrected chi connectivity index (χ3v) is 9.29. The monoisotopic (exact) mass is 705 g/mol. The molecule has 0 aliphatic rings. The molecular formula is C29H30F3N9O5S2. The van der Waals surface area contributed by atoms with Crippen LogP contribution in [-0.4, -0.2) is 58.7 Å². The van der Waals surface area contributed by atoms with E-state index in [1.807, 2.05) is 0 Å². The van der Waals surface area contributed by atoms with Gasteiger partial charge in [0.25, 0.3) is 0 Å². The first kappa shape index (κ1) is 35.7. The second-order valence-corrected chi connectivity index (χ2v) is 13.5. The van der Waals surface area contributed by atoms with Gasteiger partial charge in [-0.05, 0) is 75.5 Å². The number of hydrazone groups is 2. The van der Waals surface area contributed by atoms with Crippen molar-refractivity contribution in [1.82, 2.24) is 19.4 Å². The number of nitrogens with zero attached hydrogens (tertiary/aromatic N) is 4. The molecule has 0 saturated heterocycles. The van der Waals surface area contributed by atoms with Crippen molar-refractivity contribution in [2.75, 3.05) is 30.3 Å². The number of rotatable bonds is 13. The number of ether oxygens (including phenoxy) is 1. The fourth-order valence-corrected chi connectivity index (χ4v) is 5.38. The van der Waals surface area contributed by atoms with Gasteiger partial charge in [0.15, 0.2) is 11.6 Å². The highest BCUT2D eigenvalue weighted by Gasteiger charge is 2.31. The SMILES string of the molecule is CNS(=O)(=O)c1ccc(C(C)=NNc2cc(NN=C(C)c3ccc(S(=O)(=O)NC)cc3)nc(Nc3cccc(OC(F)(F)F)c3)n2)cc1. The highest BCUT2D eigenvalue weighted by atomic mass is 32.2. The average Bonchev–Trinajstić information content (AvgIpc) is 3.05. The lowest BCUT2D eigenvalue weighted by Gasteiger charge is -2.12. The molecule has 4 rings (SSSR count). The summed E-state index contributed by atoms with van der Waals surface area (Å²) in [5.41, 5.74) is 7.94. The molecule has 4 aromatic rings. The molecule has 3 aromatic carbocycles. The number of hydrogen-bond donors (Lipinski definition) is 5. The van der Waals surface area contributed by atoms with Crippen molar-refractivity contribution in [2.45, 2.75) is 30.0 Å². The number of anilines is 4. The van der Waals surface area contributed by atoms with Crippen molar-refractivity contribution in [2.24, 2.45) is 10.2 Å². The molecule has 0 aliphatic carbocycles. The fourth-order valence-electron chi connectivity index (χ4n) is 3.92. The van der Waals surface area contributed by atoms with E-state index >= 15 is 0 Å². The van der Waals surface area contributed by atoms with Crippen molar-refractivity contribution in [3.8, 4) is 5.75 Å². The summed E-state index contributed by atoms with van der Waals surface area (Å²) < 4.78 is 94.9. The molecule has 5 N–H and O–H groups in total. The Morgan fingerprint density at radius 1 is 0.708 bits per heavy atom. The first-order valence-electron chi connectivity index (χ1n) is 13.8. The molecular weight excluding hydrogens is 676 g/mol. The number of nitrogens with one attached hydrogen (secondary N) is 5. The maximum absolute atomic E-state index is 12.8. The summed E-state index contributed by atoms with van der Waals surface area (Å²) in [6.07, 6.45) is -4.88. The van der Waals surface area contributed by atoms with Crippen LogP contribution in [0.4, 0.5) is 36.4 Å². The Hall–Kier alpha value is -5.11. The minimum Gasteiger partial charge on any atom is -0.406 e. The lowest BCUT2D eigenvalue weighted by molar-refractivity contribution is -0.274. The van der Waals surface area contributed by atoms with E-state index in [4.69, 9.17) is 0 Å². The standard InChI is InChI=1S/C29H30F3N9O5S2/c1-18(20-8-12-24(13-9-20)47(42,43)33-3)38-40-26-17-27(41-39-19(2)21-10-14-25(15-11-21)48(44,45)34-4)37-28(36-26)35-22-6-5-7-23(16-22)46-29(30,31)32/h5-17,33-34H,1-4H3,(H3,35,36,37,40,41). The van der Waals surface area contributed by atoms with E-state index < -0.39 is 32.2 Å². The number of alkyl halides is 3. The van der Waals surface area contributed by atoms with Crippen molar-refractivity contribution in [1.29, 1.82) is 0 Å². The highest BCUT2D eigenvalue weighted by Crippen LogP contribution is 2.27. The van der Waals surface area contributed by atoms with Crippen LogP contribution < -0.4 is 30.3 Å². The van der Waals surface area contributed by atoms with Crippen LogP contribution in [0.1, 0.15) is 25.0 Å². The summed E-state index contributed by atoms with van der Waals surface area (Å²) in [6.45, 7) is 3.36. The number of hydrogen-bond acceptors (Lipinski definition) is 12. The van der Waals surface area contributed by atoms with Crippen LogP contribution in [0.5, 0.6) is 5.75 Å². The Labute approximate surface area is 274 Å². The molecule has 0 unspecified atom stereocenters. The first-order valence-corrected chi connectivity index (χ1v) is 16.8. The fraction of sp³-hybridized carbons (Fsp3) is 0.172. The Morgan fingerprint density at radius 3 is 1.58 bits per heavy atom. The zero-order valence-corrected chi connectivity index (χ0v) is 27.4. The lowest BCUT2D eigenvalue weighted by Crippen LogP contribution is -2.18. The summed E-state index contributed by atoms with van der Waals surface area (Å²) in [5, 5.41) is 11.5. The van der Waals surface area contributed by atoms with Gasteiger partial charge in [-0.3, -0.25) is 10.9 Å². The second kappa shape index (κ2) is 14.8. The second-order valence-electron chi connectivity index (χ2n) is 9.74. The van der Waals surface area contributed by atoms with Gasteiger partial charge in [-0.2, -0.15) is 20.2 Å². The van der Waals surface area contributed by atoms with Gasteiger partial charge in [-0.1, -0.05) is 30.3 Å². The maximum atomic E-state index is 12.8. The van der Waals surface area contributed by atoms with E-state index in [9.17, 15) is 30.0 Å². The molecule has 0 spiro atoms. The number of halogens is 3. The minimum absolute atomic E-state index is 0.0457. The van der Waals surface area contributed by atoms with Gasteiger partial charge in [0.05, 0.1) is 21.2 Å². The number of sulfonamides is 2. The third-order valence-electron chi connectivity index (χ3n) is 6.43. The summed E-state index contributed by atoms with van der Waals surface area (Å²) in [5.74, 6) is -0.194. The highest BCUT2D eigenvalue weighted by molar-refractivity contribution is 7.89.